The summed E-state index contributed by atoms with van der Waals surface area (Å²) in [4.78, 5) is 4.58. The Morgan fingerprint density at radius 1 is 0.750 bits per heavy atom. The van der Waals surface area contributed by atoms with Gasteiger partial charge in [-0.3, -0.25) is 8.42 Å². The summed E-state index contributed by atoms with van der Waals surface area (Å²) in [6.07, 6.45) is 4.44. The van der Waals surface area contributed by atoms with Gasteiger partial charge >= 0.3 is 11.9 Å². The first kappa shape index (κ1) is 33.9. The summed E-state index contributed by atoms with van der Waals surface area (Å²) in [6, 6.07) is 12.4. The van der Waals surface area contributed by atoms with Crippen molar-refractivity contribution in [1.29, 1.82) is 0 Å². The molecule has 4 aromatic rings. The van der Waals surface area contributed by atoms with Crippen LogP contribution < -0.4 is 18.9 Å². The molecule has 236 valence electrons. The van der Waals surface area contributed by atoms with E-state index in [0.717, 1.165) is 42.0 Å². The van der Waals surface area contributed by atoms with Crippen LogP contribution in [0.4, 0.5) is 34.6 Å². The molecule has 44 heavy (non-hydrogen) atoms. The maximum atomic E-state index is 8.52. The quantitative estimate of drug-likeness (QED) is 0.112. The minimum atomic E-state index is -5.17. The molecule has 0 atom stereocenters. The zero-order chi connectivity index (χ0) is 32.6. The number of aromatic nitrogens is 6. The van der Waals surface area contributed by atoms with Crippen molar-refractivity contribution in [3.05, 3.63) is 60.2 Å². The fraction of sp³-hybridized carbons (Fsp3) is 0.407. The molecular formula is C27H38N12O4S. The van der Waals surface area contributed by atoms with Gasteiger partial charge in [-0.25, -0.2) is 9.13 Å². The van der Waals surface area contributed by atoms with Gasteiger partial charge in [-0.1, -0.05) is 10.2 Å². The topological polar surface area (TPSA) is 180 Å². The Kier molecular flexibility index (Phi) is 11.3. The van der Waals surface area contributed by atoms with Gasteiger partial charge in [0, 0.05) is 59.2 Å². The molecule has 2 heterocycles. The molecule has 0 spiro atoms. The smallest absolute Gasteiger partial charge is 0.403 e. The molecule has 0 bridgehead atoms. The average molecular weight is 627 g/mol. The lowest BCUT2D eigenvalue weighted by molar-refractivity contribution is -0.659. The first-order chi connectivity index (χ1) is 20.6. The highest BCUT2D eigenvalue weighted by atomic mass is 32.3. The second kappa shape index (κ2) is 14.7. The summed E-state index contributed by atoms with van der Waals surface area (Å²) in [6.45, 7) is 6.09. The lowest BCUT2D eigenvalue weighted by Crippen LogP contribution is -2.26. The number of hydrogen-bond acceptors (Lipinski definition) is 12. The Labute approximate surface area is 257 Å². The highest BCUT2D eigenvalue weighted by molar-refractivity contribution is 7.79. The van der Waals surface area contributed by atoms with Crippen molar-refractivity contribution in [2.24, 2.45) is 48.6 Å². The Hall–Kier alpha value is -4.61. The summed E-state index contributed by atoms with van der Waals surface area (Å²) in [5, 5.41) is 25.8. The van der Waals surface area contributed by atoms with Crippen molar-refractivity contribution in [3.8, 4) is 0 Å². The Balaban J connectivity index is 0.000000978. The van der Waals surface area contributed by atoms with Crippen LogP contribution in [0.5, 0.6) is 0 Å². The molecule has 0 saturated heterocycles. The standard InChI is InChI=1S/C27H38N12.H2O4S/c1-20-16-22(30-32-26-36(5)18-28-38(26)7)10-12-24(20)34(3)14-9-15-35(4)25-13-11-23(17-21(25)2)31-33-27-37(6)19-29-39(27)8;1-5(2,3)4/h10-13,16-19H,9,14-15H2,1-8H3;(H2,1,2,3,4)/q+2;/p-2. The Morgan fingerprint density at radius 2 is 1.11 bits per heavy atom. The SMILES string of the molecule is Cc1cc(N=Nc2n(C)nc[n+]2C)ccc1N(C)CCCN(C)c1ccc(N=Nc2n(C)nc[n+]2C)cc1C.O=S(=O)([O-])[O-]. The second-order valence-electron chi connectivity index (χ2n) is 10.3. The second-order valence-corrected chi connectivity index (χ2v) is 11.1. The normalized spacial score (nSPS) is 11.7. The van der Waals surface area contributed by atoms with E-state index >= 15 is 0 Å². The fourth-order valence-electron chi connectivity index (χ4n) is 4.49. The lowest BCUT2D eigenvalue weighted by Gasteiger charge is -2.25. The molecule has 0 N–H and O–H groups in total. The van der Waals surface area contributed by atoms with E-state index in [4.69, 9.17) is 17.5 Å². The molecule has 0 aliphatic carbocycles. The van der Waals surface area contributed by atoms with E-state index in [1.54, 1.807) is 22.0 Å². The maximum Gasteiger partial charge on any atom is 0.403 e. The van der Waals surface area contributed by atoms with Crippen LogP contribution in [0.3, 0.4) is 0 Å². The predicted octanol–water partition coefficient (Wildman–Crippen LogP) is 2.87. The zero-order valence-corrected chi connectivity index (χ0v) is 27.0. The molecule has 0 fully saturated rings. The first-order valence-corrected chi connectivity index (χ1v) is 14.9. The van der Waals surface area contributed by atoms with Crippen molar-refractivity contribution in [3.63, 3.8) is 0 Å². The van der Waals surface area contributed by atoms with Crippen molar-refractivity contribution >= 4 is 45.0 Å². The number of azo groups is 2. The van der Waals surface area contributed by atoms with Crippen LogP contribution in [0, 0.1) is 13.8 Å². The zero-order valence-electron chi connectivity index (χ0n) is 26.1. The molecule has 17 heteroatoms. The summed E-state index contributed by atoms with van der Waals surface area (Å²) >= 11 is 0. The molecule has 4 rings (SSSR count). The third-order valence-corrected chi connectivity index (χ3v) is 6.69. The van der Waals surface area contributed by atoms with Crippen molar-refractivity contribution < 1.29 is 26.7 Å². The van der Waals surface area contributed by atoms with Gasteiger partial charge in [-0.2, -0.15) is 0 Å². The van der Waals surface area contributed by atoms with Crippen LogP contribution in [-0.2, 0) is 38.6 Å². The highest BCUT2D eigenvalue weighted by Gasteiger charge is 2.14. The number of hydrogen-bond donors (Lipinski definition) is 0. The molecule has 0 aliphatic rings. The van der Waals surface area contributed by atoms with E-state index in [1.165, 1.54) is 11.4 Å². The predicted molar refractivity (Wildman–Crippen MR) is 161 cm³/mol. The van der Waals surface area contributed by atoms with Crippen molar-refractivity contribution in [1.82, 2.24) is 19.6 Å². The van der Waals surface area contributed by atoms with Gasteiger partial charge in [-0.15, -0.1) is 9.36 Å². The molecule has 2 aromatic carbocycles. The minimum Gasteiger partial charge on any atom is -0.759 e. The summed E-state index contributed by atoms with van der Waals surface area (Å²) < 4.78 is 41.1. The van der Waals surface area contributed by atoms with Crippen molar-refractivity contribution in [2.45, 2.75) is 20.3 Å². The summed E-state index contributed by atoms with van der Waals surface area (Å²) in [5.41, 5.74) is 6.34. The molecule has 2 aromatic heterocycles. The van der Waals surface area contributed by atoms with Gasteiger partial charge < -0.3 is 18.9 Å². The van der Waals surface area contributed by atoms with Crippen molar-refractivity contribution in [2.75, 3.05) is 37.0 Å². The molecule has 0 saturated carbocycles. The van der Waals surface area contributed by atoms with Crippen LogP contribution in [0.25, 0.3) is 0 Å². The monoisotopic (exact) mass is 626 g/mol. The summed E-state index contributed by atoms with van der Waals surface area (Å²) in [7, 11) is 6.59. The van der Waals surface area contributed by atoms with Gasteiger partial charge in [0.2, 0.25) is 12.7 Å². The van der Waals surface area contributed by atoms with E-state index in [1.807, 2.05) is 49.5 Å². The van der Waals surface area contributed by atoms with Gasteiger partial charge in [0.15, 0.2) is 0 Å². The third kappa shape index (κ3) is 9.72. The molecular weight excluding hydrogens is 588 g/mol. The van der Waals surface area contributed by atoms with Gasteiger partial charge in [0.05, 0.1) is 39.6 Å². The number of anilines is 2. The Morgan fingerprint density at radius 3 is 1.41 bits per heavy atom. The average Bonchev–Trinajstić information content (AvgIpc) is 3.43. The molecule has 16 nitrogen and oxygen atoms in total. The van der Waals surface area contributed by atoms with Crippen LogP contribution in [-0.4, -0.2) is 64.3 Å². The molecule has 0 unspecified atom stereocenters. The molecule has 0 aliphatic heterocycles. The number of aryl methyl sites for hydroxylation is 6. The van der Waals surface area contributed by atoms with Crippen LogP contribution in [0.2, 0.25) is 0 Å². The number of benzene rings is 2. The third-order valence-electron chi connectivity index (χ3n) is 6.69. The number of nitrogens with zero attached hydrogens (tertiary/aromatic N) is 12. The fourth-order valence-corrected chi connectivity index (χ4v) is 4.49. The molecule has 0 radical (unpaired) electrons. The van der Waals surface area contributed by atoms with E-state index in [2.05, 4.69) is 92.7 Å². The van der Waals surface area contributed by atoms with Crippen LogP contribution in [0.1, 0.15) is 17.5 Å². The highest BCUT2D eigenvalue weighted by Crippen LogP contribution is 2.27. The summed E-state index contributed by atoms with van der Waals surface area (Å²) in [5.74, 6) is 1.37. The molecule has 0 amide bonds. The van der Waals surface area contributed by atoms with E-state index < -0.39 is 10.4 Å². The van der Waals surface area contributed by atoms with E-state index in [9.17, 15) is 0 Å². The van der Waals surface area contributed by atoms with E-state index in [-0.39, 0.29) is 0 Å². The van der Waals surface area contributed by atoms with Gasteiger partial charge in [0.1, 0.15) is 0 Å². The minimum absolute atomic E-state index is 0.686. The Bertz CT molecular complexity index is 1590. The number of rotatable bonds is 10. The van der Waals surface area contributed by atoms with Gasteiger partial charge in [-0.05, 0) is 78.0 Å². The maximum absolute atomic E-state index is 8.52. The van der Waals surface area contributed by atoms with Crippen LogP contribution >= 0.6 is 0 Å². The largest absolute Gasteiger partial charge is 0.759 e. The van der Waals surface area contributed by atoms with Crippen LogP contribution in [0.15, 0.2) is 69.5 Å². The van der Waals surface area contributed by atoms with E-state index in [0.29, 0.717) is 11.9 Å². The van der Waals surface area contributed by atoms with Gasteiger partial charge in [0.25, 0.3) is 0 Å². The lowest BCUT2D eigenvalue weighted by atomic mass is 10.1. The first-order valence-electron chi connectivity index (χ1n) is 13.5.